The molecule has 0 heterocycles. The van der Waals surface area contributed by atoms with E-state index in [2.05, 4.69) is 31.9 Å². The lowest BCUT2D eigenvalue weighted by atomic mass is 9.78. The maximum absolute atomic E-state index is 15.0. The summed E-state index contributed by atoms with van der Waals surface area (Å²) in [5.74, 6) is -35.8. The first-order valence-electron chi connectivity index (χ1n) is 42.4. The van der Waals surface area contributed by atoms with Crippen molar-refractivity contribution in [1.29, 1.82) is 0 Å². The predicted octanol–water partition coefficient (Wildman–Crippen LogP) is -3.57. The first kappa shape index (κ1) is 117. The van der Waals surface area contributed by atoms with Crippen molar-refractivity contribution >= 4 is 135 Å². The number of benzene rings is 2. The minimum absolute atomic E-state index is 0.0153. The molecule has 744 valence electrons. The van der Waals surface area contributed by atoms with Gasteiger partial charge in [-0.05, 0) is 114 Å². The molecule has 0 unspecified atom stereocenters. The largest absolute Gasteiger partial charge is 0.508 e. The van der Waals surface area contributed by atoms with Crippen LogP contribution < -0.4 is 86.7 Å². The van der Waals surface area contributed by atoms with Crippen molar-refractivity contribution in [3.05, 3.63) is 65.7 Å². The van der Waals surface area contributed by atoms with E-state index in [1.807, 2.05) is 0 Å². The number of hydroxylamine groups is 10. The summed E-state index contributed by atoms with van der Waals surface area (Å²) in [7, 11) is 1.41. The highest BCUT2D eigenvalue weighted by molar-refractivity contribution is 6.01. The van der Waals surface area contributed by atoms with Gasteiger partial charge < -0.3 is 51.3 Å². The van der Waals surface area contributed by atoms with Crippen molar-refractivity contribution in [2.24, 2.45) is 35.5 Å². The topological polar surface area (TPSA) is 826 Å². The second kappa shape index (κ2) is 65.5. The molecule has 0 fully saturated rings. The van der Waals surface area contributed by atoms with Crippen LogP contribution in [-0.2, 0) is 133 Å². The highest BCUT2D eigenvalue weighted by atomic mass is 16.5. The summed E-state index contributed by atoms with van der Waals surface area (Å²) in [4.78, 5) is 313. The number of carbonyl (C=O) groups excluding carboxylic acids is 23. The Morgan fingerprint density at radius 3 is 0.851 bits per heavy atom. The number of methoxy groups -OCH3 is 1. The number of ketones is 7. The van der Waals surface area contributed by atoms with Crippen LogP contribution in [0.4, 0.5) is 0 Å². The molecule has 0 spiro atoms. The molecule has 2 aromatic rings. The molecule has 0 radical (unpaired) electrons. The molecule has 52 heteroatoms. The maximum atomic E-state index is 15.0. The van der Waals surface area contributed by atoms with Crippen LogP contribution in [0, 0.1) is 35.5 Å². The Kier molecular flexibility index (Phi) is 57.2. The Morgan fingerprint density at radius 1 is 0.261 bits per heavy atom. The van der Waals surface area contributed by atoms with Crippen molar-refractivity contribution in [2.45, 2.75) is 236 Å². The normalized spacial score (nSPS) is 13.6. The van der Waals surface area contributed by atoms with Gasteiger partial charge in [-0.1, -0.05) is 42.5 Å². The average molecular weight is 1910 g/mol. The number of ether oxygens (including phenoxy) is 2. The van der Waals surface area contributed by atoms with Crippen molar-refractivity contribution in [2.75, 3.05) is 26.9 Å². The number of amides is 16. The summed E-state index contributed by atoms with van der Waals surface area (Å²) in [6.07, 6.45) is -20.9. The van der Waals surface area contributed by atoms with E-state index < -0.39 is 367 Å². The molecule has 2 aromatic carbocycles. The Hall–Kier alpha value is -13.0. The summed E-state index contributed by atoms with van der Waals surface area (Å²) in [6.45, 7) is 1.59. The molecule has 134 heavy (non-hydrogen) atoms. The van der Waals surface area contributed by atoms with Crippen LogP contribution in [-0.4, -0.2) is 255 Å². The van der Waals surface area contributed by atoms with Gasteiger partial charge in [0.2, 0.25) is 94.5 Å². The Morgan fingerprint density at radius 2 is 0.530 bits per heavy atom. The molecule has 2 rings (SSSR count). The highest BCUT2D eigenvalue weighted by Gasteiger charge is 2.40. The quantitative estimate of drug-likeness (QED) is 0.0173. The summed E-state index contributed by atoms with van der Waals surface area (Å²) < 4.78 is 10.3. The second-order valence-corrected chi connectivity index (χ2v) is 31.3. The van der Waals surface area contributed by atoms with Crippen molar-refractivity contribution in [1.82, 2.24) is 86.7 Å². The lowest BCUT2D eigenvalue weighted by Gasteiger charge is -2.28. The van der Waals surface area contributed by atoms with Gasteiger partial charge in [-0.2, -0.15) is 0 Å². The maximum Gasteiger partial charge on any atom is 0.243 e. The molecule has 12 atom stereocenters. The Bertz CT molecular complexity index is 4300. The van der Waals surface area contributed by atoms with Gasteiger partial charge in [0, 0.05) is 158 Å². The summed E-state index contributed by atoms with van der Waals surface area (Å²) in [5.41, 5.74) is 14.2. The van der Waals surface area contributed by atoms with Crippen LogP contribution >= 0.6 is 0 Å². The van der Waals surface area contributed by atoms with Crippen LogP contribution in [0.25, 0.3) is 0 Å². The van der Waals surface area contributed by atoms with E-state index in [1.165, 1.54) is 93.1 Å². The smallest absolute Gasteiger partial charge is 0.243 e. The van der Waals surface area contributed by atoms with Gasteiger partial charge >= 0.3 is 0 Å². The fourth-order valence-corrected chi connectivity index (χ4v) is 13.8. The Balaban J connectivity index is 2.82. The van der Waals surface area contributed by atoms with E-state index in [1.54, 1.807) is 30.3 Å². The summed E-state index contributed by atoms with van der Waals surface area (Å²) >= 11 is 0. The fourth-order valence-electron chi connectivity index (χ4n) is 13.8. The van der Waals surface area contributed by atoms with Crippen LogP contribution in [0.15, 0.2) is 54.6 Å². The average Bonchev–Trinajstić information content (AvgIpc) is 0.852. The van der Waals surface area contributed by atoms with Gasteiger partial charge in [0.15, 0.2) is 11.6 Å². The molecule has 0 aliphatic rings. The zero-order valence-electron chi connectivity index (χ0n) is 73.6. The van der Waals surface area contributed by atoms with Crippen LogP contribution in [0.1, 0.15) is 198 Å². The fraction of sp³-hybridized carbons (Fsp3) is 0.573. The number of carbonyl (C=O) groups is 23. The molecule has 52 nitrogen and oxygen atoms in total. The van der Waals surface area contributed by atoms with Crippen molar-refractivity contribution < 1.29 is 177 Å². The van der Waals surface area contributed by atoms with Gasteiger partial charge in [0.1, 0.15) is 58.8 Å². The van der Waals surface area contributed by atoms with E-state index in [-0.39, 0.29) is 57.7 Å². The molecule has 16 amide bonds. The zero-order valence-corrected chi connectivity index (χ0v) is 73.6. The Labute approximate surface area is 765 Å². The molecule has 0 bridgehead atoms. The number of nitrogens with one attached hydrogen (secondary N) is 16. The van der Waals surface area contributed by atoms with E-state index in [0.717, 1.165) is 0 Å². The van der Waals surface area contributed by atoms with Gasteiger partial charge in [-0.25, -0.2) is 54.8 Å². The van der Waals surface area contributed by atoms with E-state index in [0.29, 0.717) is 11.1 Å². The van der Waals surface area contributed by atoms with Gasteiger partial charge in [-0.15, -0.1) is 0 Å². The third-order valence-electron chi connectivity index (χ3n) is 21.3. The lowest BCUT2D eigenvalue weighted by Crippen LogP contribution is -2.59. The third-order valence-corrected chi connectivity index (χ3v) is 21.3. The molecule has 0 aliphatic carbocycles. The van der Waals surface area contributed by atoms with Crippen LogP contribution in [0.3, 0.4) is 0 Å². The number of phenols is 1. The van der Waals surface area contributed by atoms with Crippen LogP contribution in [0.5, 0.6) is 5.75 Å². The minimum Gasteiger partial charge on any atom is -0.508 e. The number of phenolic OH excluding ortho intramolecular Hbond substituents is 1. The SMILES string of the molecule is COCCOCCCC(=O)[C@@H](CCC(=O)NO)NC(=O)[C@@H](CCC(=O)NO)NC(=O)[C@@H](CCC(=O)NO)NC(=O)[C@@H](CCC(=O)NO)NC(=O)[C@@H](CCC(=O)NO)NC(=O)[C@H](CCC(=O)NO)CC(=O)[C@H](CCC(=O)NO)CC(=O)[C@H](CCC(=O)NO)CC(=O)[C@H](CCC(=O)NO)CC(=O)[C@H](CCC(=O)NO)CC(=O)[C@@H](Cc1ccccc1)NC(=O)[C@@H](CC(C)=O)Cc1ccc(O)cc1. The first-order valence-corrected chi connectivity index (χ1v) is 42.4. The molecular weight excluding hydrogens is 1780 g/mol. The number of Topliss-reactive ketones (excluding diaryl/α,β-unsaturated/α-hetero) is 7. The molecule has 27 N–H and O–H groups in total. The van der Waals surface area contributed by atoms with Gasteiger partial charge in [-0.3, -0.25) is 158 Å². The monoisotopic (exact) mass is 1900 g/mol. The lowest BCUT2D eigenvalue weighted by molar-refractivity contribution is -0.138. The number of rotatable bonds is 71. The number of aromatic hydroxyl groups is 1. The minimum atomic E-state index is -2.17. The highest BCUT2D eigenvalue weighted by Crippen LogP contribution is 2.30. The van der Waals surface area contributed by atoms with Gasteiger partial charge in [0.05, 0.1) is 25.3 Å². The summed E-state index contributed by atoms with van der Waals surface area (Å²) in [6, 6.07) is 2.45. The molecule has 0 aliphatic heterocycles. The number of hydrogen-bond acceptors (Lipinski definition) is 36. The predicted molar refractivity (Wildman–Crippen MR) is 446 cm³/mol. The molecular formula is C82H120N16O36. The number of hydrogen-bond donors (Lipinski definition) is 27. The standard InChI is InChI=1S/C82H120N16O36/c1-45(99)37-53(38-47-10-17-54(100)18-11-47)78(118)88-60(39-46-7-4-3-5-8-46)66(106)43-51(15-27-70(110)92-126)64(104)41-49(13-25-68(108)90-124)62(102)40-48(12-24-67(107)89-123)63(103)42-50(14-26-69(109)91-125)65(105)44-52(16-28-71(111)93-127)77(117)84-56(20-30-73(113)95-129)80(120)86-58(22-32-75(115)97-131)82(122)87-59(23-33-76(116)98-132)81(121)85-57(21-31-74(114)96-130)79(119)83-55(19-29-72(112)94-128)61(101)9-6-34-134-36-35-133-2/h3-5,7-8,10-11,17-18,48-53,55-60,100,123-132H,6,9,12-16,19-44H2,1-2H3,(H,83,119)(H,84,117)(H,85,121)(H,86,120)(H,87,122)(H,88,118)(H,89,107)(H,90,108)(H,91,109)(H,92,110)(H,93,111)(H,94,112)(H,95,113)(H,96,114)(H,97,115)(H,98,116)/t48-,49-,50-,51-,52-,53+,55-,56-,57-,58-,59-,60-/m1/s1. The molecule has 0 aromatic heterocycles. The molecule has 0 saturated carbocycles. The second-order valence-electron chi connectivity index (χ2n) is 31.3. The van der Waals surface area contributed by atoms with Crippen molar-refractivity contribution in [3.63, 3.8) is 0 Å². The first-order chi connectivity index (χ1) is 63.7. The van der Waals surface area contributed by atoms with Crippen LogP contribution in [0.2, 0.25) is 0 Å². The van der Waals surface area contributed by atoms with Crippen molar-refractivity contribution in [3.8, 4) is 5.75 Å². The van der Waals surface area contributed by atoms with E-state index in [4.69, 9.17) is 9.47 Å². The van der Waals surface area contributed by atoms with E-state index >= 15 is 0 Å². The third kappa shape index (κ3) is 47.4. The molecule has 0 saturated heterocycles. The zero-order chi connectivity index (χ0) is 100. The summed E-state index contributed by atoms with van der Waals surface area (Å²) in [5, 5.41) is 118. The van der Waals surface area contributed by atoms with Gasteiger partial charge in [0.25, 0.3) is 0 Å². The van der Waals surface area contributed by atoms with E-state index in [9.17, 15) is 167 Å².